The zero-order valence-corrected chi connectivity index (χ0v) is 14.8. The third-order valence-corrected chi connectivity index (χ3v) is 4.53. The molecule has 21 heavy (non-hydrogen) atoms. The minimum atomic E-state index is 0.229. The van der Waals surface area contributed by atoms with E-state index in [1.807, 2.05) is 0 Å². The molecule has 0 fully saturated rings. The van der Waals surface area contributed by atoms with E-state index in [0.717, 1.165) is 49.1 Å². The smallest absolute Gasteiger partial charge is 0.125 e. The van der Waals surface area contributed by atoms with Gasteiger partial charge in [-0.3, -0.25) is 0 Å². The highest BCUT2D eigenvalue weighted by atomic mass is 79.9. The average Bonchev–Trinajstić information content (AvgIpc) is 2.93. The molecule has 2 rings (SSSR count). The van der Waals surface area contributed by atoms with Crippen molar-refractivity contribution in [2.75, 3.05) is 20.3 Å². The maximum Gasteiger partial charge on any atom is 0.125 e. The Morgan fingerprint density at radius 2 is 2.19 bits per heavy atom. The number of hydrogen-bond donors (Lipinski definition) is 1. The number of rotatable bonds is 8. The van der Waals surface area contributed by atoms with Gasteiger partial charge in [-0.1, -0.05) is 29.8 Å². The Morgan fingerprint density at radius 1 is 1.38 bits per heavy atom. The van der Waals surface area contributed by atoms with Gasteiger partial charge in [-0.05, 0) is 49.1 Å². The number of fused-ring (bicyclic) bond motifs is 1. The van der Waals surface area contributed by atoms with Crippen LogP contribution in [0.1, 0.15) is 37.8 Å². The summed E-state index contributed by atoms with van der Waals surface area (Å²) >= 11 is 3.62. The first-order valence-corrected chi connectivity index (χ1v) is 8.69. The molecule has 2 atom stereocenters. The molecule has 1 aliphatic heterocycles. The fraction of sp³-hybridized carbons (Fsp3) is 0.647. The van der Waals surface area contributed by atoms with Gasteiger partial charge in [0.05, 0.1) is 12.7 Å². The fourth-order valence-electron chi connectivity index (χ4n) is 3.01. The second-order valence-corrected chi connectivity index (χ2v) is 6.51. The van der Waals surface area contributed by atoms with E-state index in [0.29, 0.717) is 6.04 Å². The van der Waals surface area contributed by atoms with Gasteiger partial charge < -0.3 is 14.8 Å². The van der Waals surface area contributed by atoms with Gasteiger partial charge in [0, 0.05) is 24.0 Å². The van der Waals surface area contributed by atoms with Crippen LogP contribution in [-0.2, 0) is 17.6 Å². The van der Waals surface area contributed by atoms with Crippen molar-refractivity contribution in [3.8, 4) is 5.75 Å². The highest BCUT2D eigenvalue weighted by Gasteiger charge is 2.24. The maximum atomic E-state index is 5.85. The van der Waals surface area contributed by atoms with Crippen LogP contribution in [0.4, 0.5) is 0 Å². The highest BCUT2D eigenvalue weighted by molar-refractivity contribution is 9.10. The van der Waals surface area contributed by atoms with Crippen molar-refractivity contribution >= 4 is 15.9 Å². The Kier molecular flexibility index (Phi) is 6.52. The molecule has 1 aromatic rings. The molecule has 1 N–H and O–H groups in total. The van der Waals surface area contributed by atoms with Crippen molar-refractivity contribution in [3.05, 3.63) is 27.7 Å². The molecule has 1 heterocycles. The van der Waals surface area contributed by atoms with Crippen LogP contribution in [0, 0.1) is 0 Å². The summed E-state index contributed by atoms with van der Waals surface area (Å²) in [5, 5.41) is 3.63. The predicted molar refractivity (Wildman–Crippen MR) is 90.2 cm³/mol. The van der Waals surface area contributed by atoms with Crippen LogP contribution in [-0.4, -0.2) is 32.4 Å². The quantitative estimate of drug-likeness (QED) is 0.770. The lowest BCUT2D eigenvalue weighted by Crippen LogP contribution is -2.42. The second-order valence-electron chi connectivity index (χ2n) is 5.60. The molecule has 2 unspecified atom stereocenters. The van der Waals surface area contributed by atoms with Gasteiger partial charge in [-0.15, -0.1) is 0 Å². The normalized spacial score (nSPS) is 16.4. The number of nitrogens with one attached hydrogen (secondary N) is 1. The molecule has 0 saturated carbocycles. The highest BCUT2D eigenvalue weighted by Crippen LogP contribution is 2.34. The third kappa shape index (κ3) is 4.21. The fourth-order valence-corrected chi connectivity index (χ4v) is 3.57. The molecule has 0 radical (unpaired) electrons. The number of methoxy groups -OCH3 is 1. The molecule has 118 valence electrons. The minimum absolute atomic E-state index is 0.229. The molecule has 0 amide bonds. The number of hydrogen-bond acceptors (Lipinski definition) is 3. The Balaban J connectivity index is 2.19. The Morgan fingerprint density at radius 3 is 2.86 bits per heavy atom. The van der Waals surface area contributed by atoms with Crippen molar-refractivity contribution in [1.82, 2.24) is 5.32 Å². The SMILES string of the molecule is CCCNC(Cc1cc(Br)cc2c1OCC2)C(CC)OC. The largest absolute Gasteiger partial charge is 0.493 e. The summed E-state index contributed by atoms with van der Waals surface area (Å²) in [7, 11) is 1.80. The van der Waals surface area contributed by atoms with E-state index < -0.39 is 0 Å². The molecule has 3 nitrogen and oxygen atoms in total. The topological polar surface area (TPSA) is 30.5 Å². The summed E-state index contributed by atoms with van der Waals surface area (Å²) in [5.41, 5.74) is 2.60. The van der Waals surface area contributed by atoms with Crippen LogP contribution in [0.5, 0.6) is 5.75 Å². The first-order valence-electron chi connectivity index (χ1n) is 7.89. The number of benzene rings is 1. The molecule has 4 heteroatoms. The lowest BCUT2D eigenvalue weighted by molar-refractivity contribution is 0.0651. The summed E-state index contributed by atoms with van der Waals surface area (Å²) in [4.78, 5) is 0. The van der Waals surface area contributed by atoms with Crippen LogP contribution < -0.4 is 10.1 Å². The molecule has 1 aliphatic rings. The predicted octanol–water partition coefficient (Wildman–Crippen LogP) is 3.72. The van der Waals surface area contributed by atoms with Gasteiger partial charge >= 0.3 is 0 Å². The first kappa shape index (κ1) is 16.8. The Bertz CT molecular complexity index is 460. The van der Waals surface area contributed by atoms with Gasteiger partial charge in [-0.25, -0.2) is 0 Å². The summed E-state index contributed by atoms with van der Waals surface area (Å²) in [6.45, 7) is 6.18. The molecule has 0 aliphatic carbocycles. The zero-order chi connectivity index (χ0) is 15.2. The molecule has 0 saturated heterocycles. The third-order valence-electron chi connectivity index (χ3n) is 4.08. The minimum Gasteiger partial charge on any atom is -0.493 e. The molecule has 0 bridgehead atoms. The van der Waals surface area contributed by atoms with Gasteiger partial charge in [0.15, 0.2) is 0 Å². The summed E-state index contributed by atoms with van der Waals surface area (Å²) < 4.78 is 12.7. The first-order chi connectivity index (χ1) is 10.2. The zero-order valence-electron chi connectivity index (χ0n) is 13.2. The Hall–Kier alpha value is -0.580. The monoisotopic (exact) mass is 355 g/mol. The second kappa shape index (κ2) is 8.16. The van der Waals surface area contributed by atoms with Gasteiger partial charge in [0.1, 0.15) is 5.75 Å². The van der Waals surface area contributed by atoms with E-state index in [4.69, 9.17) is 9.47 Å². The molecular formula is C17H26BrNO2. The molecule has 1 aromatic carbocycles. The molecule has 0 spiro atoms. The lowest BCUT2D eigenvalue weighted by Gasteiger charge is -2.27. The van der Waals surface area contributed by atoms with Crippen LogP contribution in [0.15, 0.2) is 16.6 Å². The van der Waals surface area contributed by atoms with Gasteiger partial charge in [0.25, 0.3) is 0 Å². The van der Waals surface area contributed by atoms with E-state index in [1.165, 1.54) is 11.1 Å². The standard InChI is InChI=1S/C17H26BrNO2/c1-4-7-19-15(16(5-2)20-3)11-13-10-14(18)9-12-6-8-21-17(12)13/h9-10,15-16,19H,4-8,11H2,1-3H3. The summed E-state index contributed by atoms with van der Waals surface area (Å²) in [6.07, 6.45) is 4.32. The van der Waals surface area contributed by atoms with Crippen molar-refractivity contribution in [2.45, 2.75) is 51.7 Å². The molecular weight excluding hydrogens is 330 g/mol. The Labute approximate surface area is 136 Å². The number of halogens is 1. The van der Waals surface area contributed by atoms with Crippen LogP contribution >= 0.6 is 15.9 Å². The van der Waals surface area contributed by atoms with Crippen molar-refractivity contribution in [1.29, 1.82) is 0 Å². The van der Waals surface area contributed by atoms with E-state index >= 15 is 0 Å². The van der Waals surface area contributed by atoms with E-state index in [9.17, 15) is 0 Å². The van der Waals surface area contributed by atoms with Crippen molar-refractivity contribution < 1.29 is 9.47 Å². The maximum absolute atomic E-state index is 5.85. The van der Waals surface area contributed by atoms with Crippen LogP contribution in [0.25, 0.3) is 0 Å². The van der Waals surface area contributed by atoms with Gasteiger partial charge in [0.2, 0.25) is 0 Å². The van der Waals surface area contributed by atoms with Crippen LogP contribution in [0.3, 0.4) is 0 Å². The van der Waals surface area contributed by atoms with Crippen molar-refractivity contribution in [3.63, 3.8) is 0 Å². The number of ether oxygens (including phenoxy) is 2. The summed E-state index contributed by atoms with van der Waals surface area (Å²) in [6, 6.07) is 4.68. The average molecular weight is 356 g/mol. The van der Waals surface area contributed by atoms with E-state index in [1.54, 1.807) is 7.11 Å². The van der Waals surface area contributed by atoms with Gasteiger partial charge in [-0.2, -0.15) is 0 Å². The van der Waals surface area contributed by atoms with E-state index in [2.05, 4.69) is 47.2 Å². The molecule has 0 aromatic heterocycles. The van der Waals surface area contributed by atoms with Crippen molar-refractivity contribution in [2.24, 2.45) is 0 Å². The lowest BCUT2D eigenvalue weighted by atomic mass is 9.97. The van der Waals surface area contributed by atoms with Crippen LogP contribution in [0.2, 0.25) is 0 Å². The van der Waals surface area contributed by atoms with E-state index in [-0.39, 0.29) is 6.10 Å². The summed E-state index contributed by atoms with van der Waals surface area (Å²) in [5.74, 6) is 1.09.